The largest absolute Gasteiger partial charge is 0.496 e. The molecule has 0 radical (unpaired) electrons. The number of carbonyl (C=O) groups is 2. The highest BCUT2D eigenvalue weighted by molar-refractivity contribution is 5.96. The molecule has 132 valence electrons. The van der Waals surface area contributed by atoms with Gasteiger partial charge in [-0.05, 0) is 29.5 Å². The third kappa shape index (κ3) is 3.68. The predicted octanol–water partition coefficient (Wildman–Crippen LogP) is 2.26. The van der Waals surface area contributed by atoms with Crippen molar-refractivity contribution in [3.63, 3.8) is 0 Å². The molecule has 25 heavy (non-hydrogen) atoms. The summed E-state index contributed by atoms with van der Waals surface area (Å²) >= 11 is 0. The van der Waals surface area contributed by atoms with Gasteiger partial charge in [0.1, 0.15) is 5.75 Å². The van der Waals surface area contributed by atoms with Gasteiger partial charge >= 0.3 is 11.9 Å². The molecule has 0 aliphatic rings. The molecule has 0 spiro atoms. The van der Waals surface area contributed by atoms with E-state index in [4.69, 9.17) is 4.74 Å². The van der Waals surface area contributed by atoms with E-state index in [1.54, 1.807) is 24.3 Å². The lowest BCUT2D eigenvalue weighted by Gasteiger charge is -2.15. The van der Waals surface area contributed by atoms with Gasteiger partial charge in [-0.3, -0.25) is 19.7 Å². The number of non-ortho nitro benzene ring substituents is 1. The fraction of sp³-hybridized carbons (Fsp3) is 0.294. The van der Waals surface area contributed by atoms with Gasteiger partial charge in [-0.2, -0.15) is 0 Å². The van der Waals surface area contributed by atoms with E-state index in [0.717, 1.165) is 0 Å². The number of hydrogen-bond acceptors (Lipinski definition) is 7. The first kappa shape index (κ1) is 18.2. The first-order chi connectivity index (χ1) is 11.9. The number of nitro groups is 1. The Kier molecular flexibility index (Phi) is 5.53. The summed E-state index contributed by atoms with van der Waals surface area (Å²) in [6.07, 6.45) is -0.0650. The maximum absolute atomic E-state index is 11.9. The van der Waals surface area contributed by atoms with Crippen molar-refractivity contribution >= 4 is 28.4 Å². The molecule has 0 fully saturated rings. The molecule has 0 aliphatic heterocycles. The summed E-state index contributed by atoms with van der Waals surface area (Å²) in [6, 6.07) is 7.85. The van der Waals surface area contributed by atoms with E-state index < -0.39 is 22.8 Å². The Morgan fingerprint density at radius 2 is 1.76 bits per heavy atom. The number of nitro benzene ring substituents is 1. The molecule has 0 heterocycles. The number of fused-ring (bicyclic) bond motifs is 1. The lowest BCUT2D eigenvalue weighted by Crippen LogP contribution is -2.28. The van der Waals surface area contributed by atoms with Crippen LogP contribution >= 0.6 is 0 Å². The molecule has 2 rings (SSSR count). The van der Waals surface area contributed by atoms with Gasteiger partial charge in [0.05, 0.1) is 31.6 Å². The molecule has 0 saturated carbocycles. The number of carbonyl (C=O) groups excluding carboxylic acids is 2. The van der Waals surface area contributed by atoms with Crippen molar-refractivity contribution in [3.8, 4) is 5.75 Å². The molecule has 8 heteroatoms. The minimum absolute atomic E-state index is 0.0650. The van der Waals surface area contributed by atoms with E-state index in [0.29, 0.717) is 22.1 Å². The quantitative estimate of drug-likeness (QED) is 0.341. The van der Waals surface area contributed by atoms with Crippen LogP contribution in [0.5, 0.6) is 5.75 Å². The van der Waals surface area contributed by atoms with Crippen LogP contribution in [-0.2, 0) is 25.5 Å². The maximum atomic E-state index is 11.9. The molecule has 0 bridgehead atoms. The average Bonchev–Trinajstić information content (AvgIpc) is 2.63. The Morgan fingerprint density at radius 1 is 1.12 bits per heavy atom. The predicted molar refractivity (Wildman–Crippen MR) is 88.4 cm³/mol. The molecule has 0 aliphatic carbocycles. The Balaban J connectivity index is 2.58. The third-order valence-electron chi connectivity index (χ3n) is 3.85. The first-order valence-corrected chi connectivity index (χ1v) is 7.32. The van der Waals surface area contributed by atoms with Crippen LogP contribution in [0.25, 0.3) is 10.8 Å². The molecule has 8 nitrogen and oxygen atoms in total. The third-order valence-corrected chi connectivity index (χ3v) is 3.85. The second-order valence-electron chi connectivity index (χ2n) is 5.22. The normalized spacial score (nSPS) is 10.6. The van der Waals surface area contributed by atoms with Crippen molar-refractivity contribution in [3.05, 3.63) is 46.0 Å². The maximum Gasteiger partial charge on any atom is 0.320 e. The Labute approximate surface area is 143 Å². The summed E-state index contributed by atoms with van der Waals surface area (Å²) in [4.78, 5) is 34.5. The van der Waals surface area contributed by atoms with Crippen molar-refractivity contribution < 1.29 is 28.7 Å². The van der Waals surface area contributed by atoms with Gasteiger partial charge in [-0.1, -0.05) is 12.1 Å². The highest BCUT2D eigenvalue weighted by Gasteiger charge is 2.30. The molecule has 2 aromatic rings. The molecular weight excluding hydrogens is 330 g/mol. The van der Waals surface area contributed by atoms with Gasteiger partial charge in [0.2, 0.25) is 0 Å². The summed E-state index contributed by atoms with van der Waals surface area (Å²) < 4.78 is 14.6. The minimum Gasteiger partial charge on any atom is -0.496 e. The van der Waals surface area contributed by atoms with Crippen LogP contribution in [0.15, 0.2) is 30.3 Å². The van der Waals surface area contributed by atoms with Gasteiger partial charge in [0, 0.05) is 6.07 Å². The molecule has 0 aromatic heterocycles. The second-order valence-corrected chi connectivity index (χ2v) is 5.22. The Hall–Kier alpha value is -3.16. The summed E-state index contributed by atoms with van der Waals surface area (Å²) in [5.74, 6) is -2.29. The van der Waals surface area contributed by atoms with E-state index in [1.807, 2.05) is 0 Å². The smallest absolute Gasteiger partial charge is 0.320 e. The van der Waals surface area contributed by atoms with Gasteiger partial charge in [0.25, 0.3) is 5.69 Å². The van der Waals surface area contributed by atoms with Crippen molar-refractivity contribution in [2.45, 2.75) is 6.42 Å². The van der Waals surface area contributed by atoms with E-state index in [9.17, 15) is 19.7 Å². The van der Waals surface area contributed by atoms with E-state index >= 15 is 0 Å². The van der Waals surface area contributed by atoms with Gasteiger partial charge in [0.15, 0.2) is 5.92 Å². The van der Waals surface area contributed by atoms with Crippen LogP contribution in [-0.4, -0.2) is 38.2 Å². The van der Waals surface area contributed by atoms with Crippen molar-refractivity contribution in [2.75, 3.05) is 21.3 Å². The Bertz CT molecular complexity index is 815. The van der Waals surface area contributed by atoms with Gasteiger partial charge < -0.3 is 14.2 Å². The summed E-state index contributed by atoms with van der Waals surface area (Å²) in [6.45, 7) is 0. The van der Waals surface area contributed by atoms with Crippen molar-refractivity contribution in [1.82, 2.24) is 0 Å². The SMILES string of the molecule is COC(=O)C(Cc1cc2c([N+](=O)[O-])cccc2cc1OC)C(=O)OC. The number of rotatable bonds is 6. The van der Waals surface area contributed by atoms with E-state index in [2.05, 4.69) is 9.47 Å². The zero-order chi connectivity index (χ0) is 18.6. The van der Waals surface area contributed by atoms with Crippen LogP contribution < -0.4 is 4.74 Å². The molecule has 0 N–H and O–H groups in total. The summed E-state index contributed by atoms with van der Waals surface area (Å²) in [7, 11) is 3.77. The monoisotopic (exact) mass is 347 g/mol. The highest BCUT2D eigenvalue weighted by Crippen LogP contribution is 2.33. The number of ether oxygens (including phenoxy) is 3. The van der Waals surface area contributed by atoms with Crippen molar-refractivity contribution in [2.24, 2.45) is 5.92 Å². The van der Waals surface area contributed by atoms with Crippen LogP contribution in [0.2, 0.25) is 0 Å². The lowest BCUT2D eigenvalue weighted by molar-refractivity contribution is -0.383. The molecule has 0 atom stereocenters. The van der Waals surface area contributed by atoms with Crippen LogP contribution in [0.1, 0.15) is 5.56 Å². The van der Waals surface area contributed by atoms with Crippen LogP contribution in [0, 0.1) is 16.0 Å². The fourth-order valence-electron chi connectivity index (χ4n) is 2.61. The molecule has 0 saturated heterocycles. The topological polar surface area (TPSA) is 105 Å². The van der Waals surface area contributed by atoms with Gasteiger partial charge in [-0.25, -0.2) is 0 Å². The second kappa shape index (κ2) is 7.61. The van der Waals surface area contributed by atoms with Crippen LogP contribution in [0.3, 0.4) is 0 Å². The average molecular weight is 347 g/mol. The number of esters is 2. The molecule has 0 amide bonds. The number of methoxy groups -OCH3 is 3. The van der Waals surface area contributed by atoms with Crippen LogP contribution in [0.4, 0.5) is 5.69 Å². The lowest BCUT2D eigenvalue weighted by atomic mass is 9.95. The zero-order valence-corrected chi connectivity index (χ0v) is 14.0. The summed E-state index contributed by atoms with van der Waals surface area (Å²) in [5, 5.41) is 12.2. The Morgan fingerprint density at radius 3 is 2.28 bits per heavy atom. The van der Waals surface area contributed by atoms with E-state index in [1.165, 1.54) is 27.4 Å². The summed E-state index contributed by atoms with van der Waals surface area (Å²) in [5.41, 5.74) is 0.388. The number of nitrogens with zero attached hydrogens (tertiary/aromatic N) is 1. The van der Waals surface area contributed by atoms with Crippen molar-refractivity contribution in [1.29, 1.82) is 0 Å². The first-order valence-electron chi connectivity index (χ1n) is 7.32. The standard InChI is InChI=1S/C17H17NO7/c1-23-15-9-10-5-4-6-14(18(21)22)12(10)7-11(15)8-13(16(19)24-2)17(20)25-3/h4-7,9,13H,8H2,1-3H3. The fourth-order valence-corrected chi connectivity index (χ4v) is 2.61. The highest BCUT2D eigenvalue weighted by atomic mass is 16.6. The molecular formula is C17H17NO7. The number of benzene rings is 2. The number of hydrogen-bond donors (Lipinski definition) is 0. The molecule has 0 unspecified atom stereocenters. The molecule has 2 aromatic carbocycles. The van der Waals surface area contributed by atoms with E-state index in [-0.39, 0.29) is 12.1 Å². The van der Waals surface area contributed by atoms with Gasteiger partial charge in [-0.15, -0.1) is 0 Å². The minimum atomic E-state index is -1.19. The zero-order valence-electron chi connectivity index (χ0n) is 14.0.